The lowest BCUT2D eigenvalue weighted by molar-refractivity contribution is -0.122. The Morgan fingerprint density at radius 1 is 1.36 bits per heavy atom. The molecule has 1 amide bonds. The van der Waals surface area contributed by atoms with Gasteiger partial charge in [-0.25, -0.2) is 4.98 Å². The first-order valence-electron chi connectivity index (χ1n) is 7.49. The highest BCUT2D eigenvalue weighted by atomic mass is 35.5. The van der Waals surface area contributed by atoms with Crippen LogP contribution in [0.5, 0.6) is 0 Å². The number of nitrogen functional groups attached to an aromatic ring is 1. The maximum absolute atomic E-state index is 12.0. The van der Waals surface area contributed by atoms with Crippen molar-refractivity contribution in [2.75, 3.05) is 24.1 Å². The van der Waals surface area contributed by atoms with Crippen molar-refractivity contribution in [2.24, 2.45) is 0 Å². The van der Waals surface area contributed by atoms with Crippen molar-refractivity contribution in [3.8, 4) is 0 Å². The monoisotopic (exact) mass is 365 g/mol. The number of carbonyl (C=O) groups excluding carboxylic acids is 1. The van der Waals surface area contributed by atoms with E-state index in [9.17, 15) is 4.79 Å². The van der Waals surface area contributed by atoms with Gasteiger partial charge < -0.3 is 21.5 Å². The van der Waals surface area contributed by atoms with Gasteiger partial charge in [0.05, 0.1) is 10.6 Å². The van der Waals surface area contributed by atoms with Gasteiger partial charge in [0.2, 0.25) is 5.95 Å². The topological polar surface area (TPSA) is 130 Å². The number of nitrogens with zero attached hydrogens (tertiary/aromatic N) is 2. The molecule has 1 aromatic carbocycles. The first-order valence-corrected chi connectivity index (χ1v) is 7.87. The molecule has 0 fully saturated rings. The molecule has 8 nitrogen and oxygen atoms in total. The van der Waals surface area contributed by atoms with Gasteiger partial charge in [0.1, 0.15) is 5.82 Å². The summed E-state index contributed by atoms with van der Waals surface area (Å²) in [5.74, 6) is 0.715. The molecule has 0 saturated heterocycles. The van der Waals surface area contributed by atoms with Gasteiger partial charge in [-0.1, -0.05) is 30.7 Å². The molecule has 0 aliphatic heterocycles. The zero-order chi connectivity index (χ0) is 18.7. The first kappa shape index (κ1) is 20.2. The van der Waals surface area contributed by atoms with Gasteiger partial charge in [-0.3, -0.25) is 9.59 Å². The number of carboxylic acid groups (broad SMARTS) is 1. The van der Waals surface area contributed by atoms with E-state index >= 15 is 0 Å². The summed E-state index contributed by atoms with van der Waals surface area (Å²) in [4.78, 5) is 28.5. The largest absolute Gasteiger partial charge is 0.483 e. The van der Waals surface area contributed by atoms with E-state index < -0.39 is 0 Å². The van der Waals surface area contributed by atoms with Gasteiger partial charge in [0, 0.05) is 24.8 Å². The maximum Gasteiger partial charge on any atom is 0.290 e. The fraction of sp³-hybridized carbons (Fsp3) is 0.250. The number of benzene rings is 1. The third-order valence-corrected chi connectivity index (χ3v) is 3.42. The number of hydrogen-bond donors (Lipinski definition) is 4. The highest BCUT2D eigenvalue weighted by Crippen LogP contribution is 2.14. The van der Waals surface area contributed by atoms with Crippen molar-refractivity contribution in [1.29, 1.82) is 0 Å². The van der Waals surface area contributed by atoms with Crippen LogP contribution >= 0.6 is 11.6 Å². The Hall–Kier alpha value is -2.87. The number of hydrogen-bond acceptors (Lipinski definition) is 6. The first-order chi connectivity index (χ1) is 12.0. The summed E-state index contributed by atoms with van der Waals surface area (Å²) in [5, 5.41) is 13.3. The zero-order valence-electron chi connectivity index (χ0n) is 13.7. The lowest BCUT2D eigenvalue weighted by Crippen LogP contribution is -2.29. The number of amides is 1. The number of halogens is 1. The van der Waals surface area contributed by atoms with Gasteiger partial charge in [0.25, 0.3) is 12.4 Å². The van der Waals surface area contributed by atoms with Crippen LogP contribution in [0.1, 0.15) is 22.8 Å². The zero-order valence-corrected chi connectivity index (χ0v) is 14.5. The molecular formula is C16H20ClN5O3. The molecule has 2 rings (SSSR count). The van der Waals surface area contributed by atoms with Gasteiger partial charge in [0.15, 0.2) is 0 Å². The second kappa shape index (κ2) is 10.8. The molecule has 1 heterocycles. The predicted molar refractivity (Wildman–Crippen MR) is 96.8 cm³/mol. The van der Waals surface area contributed by atoms with Crippen molar-refractivity contribution in [3.63, 3.8) is 0 Å². The third kappa shape index (κ3) is 6.64. The molecule has 0 radical (unpaired) electrons. The van der Waals surface area contributed by atoms with E-state index in [1.54, 1.807) is 30.5 Å². The second-order valence-corrected chi connectivity index (χ2v) is 5.13. The lowest BCUT2D eigenvalue weighted by atomic mass is 10.2. The third-order valence-electron chi connectivity index (χ3n) is 3.09. The van der Waals surface area contributed by atoms with Crippen LogP contribution in [-0.4, -0.2) is 40.5 Å². The standard InChI is InChI=1S/C15H18ClN5O.CH2O2/c1-2-10-9-20-15(17)21-13(10)18-7-8-19-14(22)11-5-3-4-6-12(11)16;2-1-3/h3-6,9H,2,7-8H2,1H3,(H,19,22)(H3,17,18,20,21);1H,(H,2,3). The molecule has 0 unspecified atom stereocenters. The van der Waals surface area contributed by atoms with E-state index in [1.807, 2.05) is 6.92 Å². The Morgan fingerprint density at radius 3 is 2.68 bits per heavy atom. The average molecular weight is 366 g/mol. The quantitative estimate of drug-likeness (QED) is 0.453. The van der Waals surface area contributed by atoms with Crippen molar-refractivity contribution in [2.45, 2.75) is 13.3 Å². The van der Waals surface area contributed by atoms with Crippen LogP contribution in [0.4, 0.5) is 11.8 Å². The predicted octanol–water partition coefficient (Wildman–Crippen LogP) is 1.82. The van der Waals surface area contributed by atoms with E-state index in [4.69, 9.17) is 27.2 Å². The molecule has 0 bridgehead atoms. The SMILES string of the molecule is CCc1cnc(N)nc1NCCNC(=O)c1ccccc1Cl.O=CO. The van der Waals surface area contributed by atoms with Gasteiger partial charge in [-0.15, -0.1) is 0 Å². The van der Waals surface area contributed by atoms with Crippen LogP contribution in [0.15, 0.2) is 30.5 Å². The normalized spacial score (nSPS) is 9.52. The van der Waals surface area contributed by atoms with Gasteiger partial charge >= 0.3 is 0 Å². The molecular weight excluding hydrogens is 346 g/mol. The highest BCUT2D eigenvalue weighted by Gasteiger charge is 2.09. The minimum Gasteiger partial charge on any atom is -0.483 e. The number of rotatable bonds is 6. The average Bonchev–Trinajstić information content (AvgIpc) is 2.60. The lowest BCUT2D eigenvalue weighted by Gasteiger charge is -2.11. The van der Waals surface area contributed by atoms with Crippen molar-refractivity contribution in [3.05, 3.63) is 46.6 Å². The Kier molecular flexibility index (Phi) is 8.73. The number of aryl methyl sites for hydroxylation is 1. The minimum absolute atomic E-state index is 0.203. The van der Waals surface area contributed by atoms with Crippen molar-refractivity contribution < 1.29 is 14.7 Å². The maximum atomic E-state index is 12.0. The Bertz CT molecular complexity index is 712. The summed E-state index contributed by atoms with van der Waals surface area (Å²) in [6.07, 6.45) is 2.50. The molecule has 0 aliphatic rings. The minimum atomic E-state index is -0.250. The second-order valence-electron chi connectivity index (χ2n) is 4.72. The molecule has 9 heteroatoms. The Morgan fingerprint density at radius 2 is 2.04 bits per heavy atom. The fourth-order valence-electron chi connectivity index (χ4n) is 1.93. The van der Waals surface area contributed by atoms with Gasteiger partial charge in [-0.05, 0) is 18.6 Å². The van der Waals surface area contributed by atoms with E-state index in [2.05, 4.69) is 20.6 Å². The molecule has 2 aromatic rings. The molecule has 0 aliphatic carbocycles. The molecule has 5 N–H and O–H groups in total. The number of anilines is 2. The van der Waals surface area contributed by atoms with Crippen LogP contribution in [0.25, 0.3) is 0 Å². The van der Waals surface area contributed by atoms with Gasteiger partial charge in [-0.2, -0.15) is 4.98 Å². The van der Waals surface area contributed by atoms with Crippen LogP contribution < -0.4 is 16.4 Å². The molecule has 0 saturated carbocycles. The van der Waals surface area contributed by atoms with Crippen LogP contribution in [0.3, 0.4) is 0 Å². The number of aromatic nitrogens is 2. The van der Waals surface area contributed by atoms with Crippen LogP contribution in [0.2, 0.25) is 5.02 Å². The summed E-state index contributed by atoms with van der Waals surface area (Å²) in [7, 11) is 0. The Labute approximate surface area is 150 Å². The van der Waals surface area contributed by atoms with E-state index in [0.717, 1.165) is 12.0 Å². The summed E-state index contributed by atoms with van der Waals surface area (Å²) in [6, 6.07) is 6.93. The fourth-order valence-corrected chi connectivity index (χ4v) is 2.15. The summed E-state index contributed by atoms with van der Waals surface area (Å²) in [6.45, 7) is 2.73. The molecule has 1 aromatic heterocycles. The summed E-state index contributed by atoms with van der Waals surface area (Å²) in [5.41, 5.74) is 7.02. The number of nitrogens with two attached hydrogens (primary N) is 1. The molecule has 0 atom stereocenters. The van der Waals surface area contributed by atoms with Crippen molar-refractivity contribution >= 4 is 35.7 Å². The summed E-state index contributed by atoms with van der Waals surface area (Å²) < 4.78 is 0. The van der Waals surface area contributed by atoms with E-state index in [-0.39, 0.29) is 18.3 Å². The smallest absolute Gasteiger partial charge is 0.290 e. The number of nitrogens with one attached hydrogen (secondary N) is 2. The molecule has 0 spiro atoms. The summed E-state index contributed by atoms with van der Waals surface area (Å²) >= 11 is 5.98. The van der Waals surface area contributed by atoms with E-state index in [0.29, 0.717) is 29.5 Å². The Balaban J connectivity index is 0.000000970. The number of carbonyl (C=O) groups is 2. The highest BCUT2D eigenvalue weighted by molar-refractivity contribution is 6.33. The molecule has 134 valence electrons. The molecule has 25 heavy (non-hydrogen) atoms. The van der Waals surface area contributed by atoms with Crippen LogP contribution in [-0.2, 0) is 11.2 Å². The van der Waals surface area contributed by atoms with Crippen molar-refractivity contribution in [1.82, 2.24) is 15.3 Å². The van der Waals surface area contributed by atoms with E-state index in [1.165, 1.54) is 0 Å². The van der Waals surface area contributed by atoms with Crippen LogP contribution in [0, 0.1) is 0 Å².